The zero-order valence-electron chi connectivity index (χ0n) is 13.9. The van der Waals surface area contributed by atoms with E-state index in [-0.39, 0.29) is 0 Å². The van der Waals surface area contributed by atoms with Crippen molar-refractivity contribution in [3.05, 3.63) is 71.8 Å². The van der Waals surface area contributed by atoms with E-state index < -0.39 is 0 Å². The minimum absolute atomic E-state index is 0.946. The number of nitrogens with one attached hydrogen (secondary N) is 1. The molecule has 0 aliphatic carbocycles. The summed E-state index contributed by atoms with van der Waals surface area (Å²) < 4.78 is 0. The predicted molar refractivity (Wildman–Crippen MR) is 98.1 cm³/mol. The van der Waals surface area contributed by atoms with Crippen molar-refractivity contribution in [2.75, 3.05) is 5.32 Å². The lowest BCUT2D eigenvalue weighted by Gasteiger charge is -2.11. The Morgan fingerprint density at radius 2 is 1.59 bits per heavy atom. The van der Waals surface area contributed by atoms with E-state index in [1.807, 2.05) is 0 Å². The minimum atomic E-state index is 0.946. The van der Waals surface area contributed by atoms with Crippen molar-refractivity contribution in [2.45, 2.75) is 46.0 Å². The van der Waals surface area contributed by atoms with E-state index in [4.69, 9.17) is 0 Å². The summed E-state index contributed by atoms with van der Waals surface area (Å²) in [4.78, 5) is 0. The van der Waals surface area contributed by atoms with Crippen LogP contribution in [0.4, 0.5) is 5.69 Å². The van der Waals surface area contributed by atoms with Gasteiger partial charge in [0.05, 0.1) is 0 Å². The molecular formula is C21H27N. The van der Waals surface area contributed by atoms with Gasteiger partial charge in [-0.3, -0.25) is 0 Å². The van der Waals surface area contributed by atoms with Crippen LogP contribution in [0.5, 0.6) is 0 Å². The highest BCUT2D eigenvalue weighted by molar-refractivity contribution is 5.75. The van der Waals surface area contributed by atoms with Crippen LogP contribution in [-0.4, -0.2) is 0 Å². The molecule has 1 heteroatoms. The molecule has 2 rings (SSSR count). The van der Waals surface area contributed by atoms with Crippen LogP contribution < -0.4 is 5.32 Å². The van der Waals surface area contributed by atoms with Gasteiger partial charge in [-0.25, -0.2) is 0 Å². The van der Waals surface area contributed by atoms with Crippen molar-refractivity contribution < 1.29 is 0 Å². The van der Waals surface area contributed by atoms with Crippen LogP contribution >= 0.6 is 0 Å². The van der Waals surface area contributed by atoms with E-state index in [2.05, 4.69) is 74.3 Å². The largest absolute Gasteiger partial charge is 0.356 e. The number of benzene rings is 2. The molecule has 0 unspecified atom stereocenters. The van der Waals surface area contributed by atoms with E-state index >= 15 is 0 Å². The lowest BCUT2D eigenvalue weighted by atomic mass is 10.0. The first kappa shape index (κ1) is 16.4. The SMILES string of the molecule is C=C(Nc1ccc(C)cc1)c1ccc(CCCCCC)cc1. The second-order valence-corrected chi connectivity index (χ2v) is 5.98. The molecule has 1 nitrogen and oxygen atoms in total. The predicted octanol–water partition coefficient (Wildman–Crippen LogP) is 6.20. The lowest BCUT2D eigenvalue weighted by Crippen LogP contribution is -1.97. The van der Waals surface area contributed by atoms with Crippen molar-refractivity contribution in [1.29, 1.82) is 0 Å². The Morgan fingerprint density at radius 1 is 0.909 bits per heavy atom. The van der Waals surface area contributed by atoms with Gasteiger partial charge in [-0.05, 0) is 43.0 Å². The van der Waals surface area contributed by atoms with Crippen LogP contribution in [0.3, 0.4) is 0 Å². The third kappa shape index (κ3) is 5.07. The Morgan fingerprint density at radius 3 is 2.23 bits per heavy atom. The molecular weight excluding hydrogens is 266 g/mol. The van der Waals surface area contributed by atoms with Crippen LogP contribution in [0.25, 0.3) is 5.70 Å². The Kier molecular flexibility index (Phi) is 6.27. The molecule has 0 aliphatic heterocycles. The van der Waals surface area contributed by atoms with Gasteiger partial charge in [0.2, 0.25) is 0 Å². The highest BCUT2D eigenvalue weighted by Crippen LogP contribution is 2.19. The number of unbranched alkanes of at least 4 members (excludes halogenated alkanes) is 3. The normalized spacial score (nSPS) is 10.5. The number of aryl methyl sites for hydroxylation is 2. The number of anilines is 1. The van der Waals surface area contributed by atoms with Gasteiger partial charge >= 0.3 is 0 Å². The first-order chi connectivity index (χ1) is 10.7. The zero-order chi connectivity index (χ0) is 15.8. The van der Waals surface area contributed by atoms with Crippen molar-refractivity contribution in [3.8, 4) is 0 Å². The fourth-order valence-corrected chi connectivity index (χ4v) is 2.51. The summed E-state index contributed by atoms with van der Waals surface area (Å²) in [5.74, 6) is 0. The fraction of sp³-hybridized carbons (Fsp3) is 0.333. The van der Waals surface area contributed by atoms with Gasteiger partial charge in [0.15, 0.2) is 0 Å². The highest BCUT2D eigenvalue weighted by atomic mass is 14.9. The first-order valence-corrected chi connectivity index (χ1v) is 8.31. The third-order valence-electron chi connectivity index (χ3n) is 3.97. The van der Waals surface area contributed by atoms with Crippen molar-refractivity contribution in [1.82, 2.24) is 0 Å². The Labute approximate surface area is 135 Å². The number of hydrogen-bond acceptors (Lipinski definition) is 1. The molecule has 0 saturated carbocycles. The van der Waals surface area contributed by atoms with Crippen LogP contribution in [0.1, 0.15) is 49.3 Å². The standard InChI is InChI=1S/C21H27N/c1-4-5-6-7-8-19-11-13-20(14-12-19)18(3)22-21-15-9-17(2)10-16-21/h9-16,22H,3-8H2,1-2H3. The van der Waals surface area contributed by atoms with Gasteiger partial charge in [0.25, 0.3) is 0 Å². The Balaban J connectivity index is 1.89. The van der Waals surface area contributed by atoms with E-state index in [1.165, 1.54) is 43.2 Å². The van der Waals surface area contributed by atoms with E-state index in [9.17, 15) is 0 Å². The van der Waals surface area contributed by atoms with Crippen molar-refractivity contribution in [2.24, 2.45) is 0 Å². The van der Waals surface area contributed by atoms with Crippen LogP contribution in [0.15, 0.2) is 55.1 Å². The van der Waals surface area contributed by atoms with Gasteiger partial charge < -0.3 is 5.32 Å². The number of hydrogen-bond donors (Lipinski definition) is 1. The molecule has 116 valence electrons. The molecule has 2 aromatic rings. The molecule has 22 heavy (non-hydrogen) atoms. The summed E-state index contributed by atoms with van der Waals surface area (Å²) in [7, 11) is 0. The van der Waals surface area contributed by atoms with E-state index in [1.54, 1.807) is 0 Å². The highest BCUT2D eigenvalue weighted by Gasteiger charge is 2.00. The first-order valence-electron chi connectivity index (χ1n) is 8.31. The molecule has 0 heterocycles. The van der Waals surface area contributed by atoms with Gasteiger partial charge in [0, 0.05) is 11.4 Å². The second kappa shape index (κ2) is 8.43. The molecule has 0 atom stereocenters. The van der Waals surface area contributed by atoms with E-state index in [0.717, 1.165) is 16.9 Å². The van der Waals surface area contributed by atoms with Crippen LogP contribution in [-0.2, 0) is 6.42 Å². The summed E-state index contributed by atoms with van der Waals surface area (Å²) in [5, 5.41) is 3.37. The van der Waals surface area contributed by atoms with Crippen molar-refractivity contribution in [3.63, 3.8) is 0 Å². The molecule has 1 N–H and O–H groups in total. The summed E-state index contributed by atoms with van der Waals surface area (Å²) in [6, 6.07) is 17.2. The molecule has 0 radical (unpaired) electrons. The van der Waals surface area contributed by atoms with E-state index in [0.29, 0.717) is 0 Å². The maximum atomic E-state index is 4.15. The van der Waals surface area contributed by atoms with Crippen molar-refractivity contribution >= 4 is 11.4 Å². The smallest absolute Gasteiger partial charge is 0.0384 e. The van der Waals surface area contributed by atoms with Crippen LogP contribution in [0, 0.1) is 6.92 Å². The average Bonchev–Trinajstić information content (AvgIpc) is 2.54. The lowest BCUT2D eigenvalue weighted by molar-refractivity contribution is 0.667. The fourth-order valence-electron chi connectivity index (χ4n) is 2.51. The zero-order valence-corrected chi connectivity index (χ0v) is 13.9. The molecule has 0 aliphatic rings. The van der Waals surface area contributed by atoms with Gasteiger partial charge in [-0.15, -0.1) is 0 Å². The number of rotatable bonds is 8. The molecule has 0 spiro atoms. The maximum absolute atomic E-state index is 4.15. The molecule has 0 saturated heterocycles. The second-order valence-electron chi connectivity index (χ2n) is 5.98. The summed E-state index contributed by atoms with van der Waals surface area (Å²) in [6.45, 7) is 8.49. The summed E-state index contributed by atoms with van der Waals surface area (Å²) in [6.07, 6.45) is 6.44. The third-order valence-corrected chi connectivity index (χ3v) is 3.97. The van der Waals surface area contributed by atoms with Gasteiger partial charge in [-0.2, -0.15) is 0 Å². The van der Waals surface area contributed by atoms with Gasteiger partial charge in [-0.1, -0.05) is 74.7 Å². The topological polar surface area (TPSA) is 12.0 Å². The van der Waals surface area contributed by atoms with Crippen LogP contribution in [0.2, 0.25) is 0 Å². The van der Waals surface area contributed by atoms with Gasteiger partial charge in [0.1, 0.15) is 0 Å². The Bertz CT molecular complexity index is 578. The Hall–Kier alpha value is -2.02. The minimum Gasteiger partial charge on any atom is -0.356 e. The molecule has 2 aromatic carbocycles. The monoisotopic (exact) mass is 293 g/mol. The maximum Gasteiger partial charge on any atom is 0.0384 e. The molecule has 0 bridgehead atoms. The molecule has 0 fully saturated rings. The summed E-state index contributed by atoms with van der Waals surface area (Å²) >= 11 is 0. The molecule has 0 aromatic heterocycles. The average molecular weight is 293 g/mol. The quantitative estimate of drug-likeness (QED) is 0.571. The summed E-state index contributed by atoms with van der Waals surface area (Å²) in [5.41, 5.74) is 5.87. The molecule has 0 amide bonds.